The number of allylic oxidation sites excluding steroid dienone is 2. The molecule has 0 aliphatic rings. The van der Waals surface area contributed by atoms with Gasteiger partial charge in [0.25, 0.3) is 0 Å². The number of ether oxygens (including phenoxy) is 1. The van der Waals surface area contributed by atoms with Crippen LogP contribution in [0, 0.1) is 0 Å². The van der Waals surface area contributed by atoms with Crippen LogP contribution in [-0.4, -0.2) is 35.0 Å². The standard InChI is InChI=1S/C18H34O4/c1-3-16(19)13-11-9-7-5-6-8-10-12-14-17(20)15-18(21)22-4-2/h5,7,16-17,19-20H,3-4,6,8-15H2,1-2H3/b7-5-. The van der Waals surface area contributed by atoms with E-state index in [1.807, 2.05) is 6.92 Å². The Morgan fingerprint density at radius 1 is 0.955 bits per heavy atom. The van der Waals surface area contributed by atoms with Gasteiger partial charge in [0.1, 0.15) is 0 Å². The Labute approximate surface area is 135 Å². The Morgan fingerprint density at radius 2 is 1.59 bits per heavy atom. The highest BCUT2D eigenvalue weighted by molar-refractivity contribution is 5.69. The Kier molecular flexibility index (Phi) is 14.4. The van der Waals surface area contributed by atoms with E-state index < -0.39 is 6.10 Å². The minimum absolute atomic E-state index is 0.108. The molecule has 0 aliphatic heterocycles. The highest BCUT2D eigenvalue weighted by atomic mass is 16.5. The predicted octanol–water partition coefficient (Wildman–Crippen LogP) is 3.75. The monoisotopic (exact) mass is 314 g/mol. The van der Waals surface area contributed by atoms with Crippen LogP contribution in [0.1, 0.15) is 78.1 Å². The van der Waals surface area contributed by atoms with Gasteiger partial charge in [-0.1, -0.05) is 31.9 Å². The molecule has 0 fully saturated rings. The summed E-state index contributed by atoms with van der Waals surface area (Å²) in [6, 6.07) is 0. The number of carbonyl (C=O) groups excluding carboxylic acids is 1. The number of unbranched alkanes of at least 4 members (excludes halogenated alkanes) is 4. The third-order valence-corrected chi connectivity index (χ3v) is 3.66. The minimum Gasteiger partial charge on any atom is -0.466 e. The molecule has 0 spiro atoms. The second-order valence-corrected chi connectivity index (χ2v) is 5.77. The zero-order chi connectivity index (χ0) is 16.6. The fourth-order valence-corrected chi connectivity index (χ4v) is 2.24. The average molecular weight is 314 g/mol. The van der Waals surface area contributed by atoms with Crippen molar-refractivity contribution in [3.05, 3.63) is 12.2 Å². The van der Waals surface area contributed by atoms with Gasteiger partial charge in [0.15, 0.2) is 0 Å². The molecule has 22 heavy (non-hydrogen) atoms. The number of rotatable bonds is 14. The van der Waals surface area contributed by atoms with E-state index in [4.69, 9.17) is 4.74 Å². The van der Waals surface area contributed by atoms with Crippen molar-refractivity contribution in [3.8, 4) is 0 Å². The van der Waals surface area contributed by atoms with Crippen molar-refractivity contribution in [3.63, 3.8) is 0 Å². The molecular formula is C18H34O4. The summed E-state index contributed by atoms with van der Waals surface area (Å²) in [5.41, 5.74) is 0. The van der Waals surface area contributed by atoms with Gasteiger partial charge in [-0.3, -0.25) is 4.79 Å². The van der Waals surface area contributed by atoms with Gasteiger partial charge in [-0.05, 0) is 51.9 Å². The van der Waals surface area contributed by atoms with Crippen molar-refractivity contribution < 1.29 is 19.7 Å². The summed E-state index contributed by atoms with van der Waals surface area (Å²) in [7, 11) is 0. The number of aliphatic hydroxyl groups is 2. The van der Waals surface area contributed by atoms with Gasteiger partial charge in [0.2, 0.25) is 0 Å². The highest BCUT2D eigenvalue weighted by Crippen LogP contribution is 2.10. The fourth-order valence-electron chi connectivity index (χ4n) is 2.24. The number of aliphatic hydroxyl groups excluding tert-OH is 2. The summed E-state index contributed by atoms with van der Waals surface area (Å²) in [6.45, 7) is 4.14. The lowest BCUT2D eigenvalue weighted by Gasteiger charge is -2.09. The molecule has 0 saturated heterocycles. The molecular weight excluding hydrogens is 280 g/mol. The Hall–Kier alpha value is -0.870. The van der Waals surface area contributed by atoms with Crippen molar-refractivity contribution in [1.29, 1.82) is 0 Å². The molecule has 2 atom stereocenters. The van der Waals surface area contributed by atoms with Gasteiger partial charge in [0.05, 0.1) is 25.2 Å². The van der Waals surface area contributed by atoms with E-state index in [0.29, 0.717) is 13.0 Å². The lowest BCUT2D eigenvalue weighted by Crippen LogP contribution is -2.15. The fraction of sp³-hybridized carbons (Fsp3) is 0.833. The minimum atomic E-state index is -0.570. The second-order valence-electron chi connectivity index (χ2n) is 5.77. The molecule has 0 aromatic carbocycles. The Balaban J connectivity index is 3.37. The Bertz CT molecular complexity index is 289. The third kappa shape index (κ3) is 14.1. The van der Waals surface area contributed by atoms with E-state index >= 15 is 0 Å². The molecule has 0 radical (unpaired) electrons. The molecule has 0 saturated carbocycles. The lowest BCUT2D eigenvalue weighted by molar-refractivity contribution is -0.145. The maximum Gasteiger partial charge on any atom is 0.308 e. The van der Waals surface area contributed by atoms with Gasteiger partial charge in [-0.2, -0.15) is 0 Å². The number of esters is 1. The normalized spacial score (nSPS) is 14.2. The summed E-state index contributed by atoms with van der Waals surface area (Å²) in [4.78, 5) is 11.2. The average Bonchev–Trinajstić information content (AvgIpc) is 2.48. The molecule has 0 aliphatic carbocycles. The van der Waals surface area contributed by atoms with E-state index in [2.05, 4.69) is 12.2 Å². The molecule has 0 aromatic rings. The quantitative estimate of drug-likeness (QED) is 0.291. The van der Waals surface area contributed by atoms with Crippen molar-refractivity contribution >= 4 is 5.97 Å². The Morgan fingerprint density at radius 3 is 2.23 bits per heavy atom. The van der Waals surface area contributed by atoms with Crippen molar-refractivity contribution in [2.24, 2.45) is 0 Å². The topological polar surface area (TPSA) is 66.8 Å². The van der Waals surface area contributed by atoms with Crippen LogP contribution in [0.4, 0.5) is 0 Å². The number of hydrogen-bond donors (Lipinski definition) is 2. The van der Waals surface area contributed by atoms with Crippen molar-refractivity contribution in [2.45, 2.75) is 90.3 Å². The van der Waals surface area contributed by atoms with Gasteiger partial charge in [-0.25, -0.2) is 0 Å². The molecule has 0 heterocycles. The van der Waals surface area contributed by atoms with Crippen molar-refractivity contribution in [2.75, 3.05) is 6.61 Å². The molecule has 4 nitrogen and oxygen atoms in total. The first kappa shape index (κ1) is 21.1. The van der Waals surface area contributed by atoms with Gasteiger partial charge in [0, 0.05) is 0 Å². The second kappa shape index (κ2) is 15.0. The third-order valence-electron chi connectivity index (χ3n) is 3.66. The van der Waals surface area contributed by atoms with Gasteiger partial charge >= 0.3 is 5.97 Å². The molecule has 0 aromatic heterocycles. The van der Waals surface area contributed by atoms with E-state index in [9.17, 15) is 15.0 Å². The SMILES string of the molecule is CCOC(=O)CC(O)CCCCC/C=C\CCCC(O)CC. The molecule has 0 bridgehead atoms. The molecule has 2 N–H and O–H groups in total. The number of carbonyl (C=O) groups is 1. The smallest absolute Gasteiger partial charge is 0.308 e. The van der Waals surface area contributed by atoms with E-state index in [-0.39, 0.29) is 18.5 Å². The maximum atomic E-state index is 11.2. The van der Waals surface area contributed by atoms with Crippen molar-refractivity contribution in [1.82, 2.24) is 0 Å². The van der Waals surface area contributed by atoms with Crippen LogP contribution in [0.2, 0.25) is 0 Å². The van der Waals surface area contributed by atoms with E-state index in [1.54, 1.807) is 6.92 Å². The van der Waals surface area contributed by atoms with Crippen LogP contribution in [0.5, 0.6) is 0 Å². The largest absolute Gasteiger partial charge is 0.466 e. The predicted molar refractivity (Wildman–Crippen MR) is 89.6 cm³/mol. The molecule has 0 rings (SSSR count). The highest BCUT2D eigenvalue weighted by Gasteiger charge is 2.10. The first-order valence-corrected chi connectivity index (χ1v) is 8.76. The summed E-state index contributed by atoms with van der Waals surface area (Å²) in [5, 5.41) is 19.1. The molecule has 130 valence electrons. The maximum absolute atomic E-state index is 11.2. The van der Waals surface area contributed by atoms with Crippen LogP contribution in [0.25, 0.3) is 0 Å². The van der Waals surface area contributed by atoms with E-state index in [1.165, 1.54) is 0 Å². The van der Waals surface area contributed by atoms with Crippen LogP contribution in [-0.2, 0) is 9.53 Å². The van der Waals surface area contributed by atoms with Gasteiger partial charge < -0.3 is 14.9 Å². The van der Waals surface area contributed by atoms with Crippen LogP contribution < -0.4 is 0 Å². The molecule has 0 amide bonds. The first-order chi connectivity index (χ1) is 10.6. The zero-order valence-corrected chi connectivity index (χ0v) is 14.3. The molecule has 2 unspecified atom stereocenters. The summed E-state index contributed by atoms with van der Waals surface area (Å²) in [6.07, 6.45) is 12.4. The summed E-state index contributed by atoms with van der Waals surface area (Å²) >= 11 is 0. The van der Waals surface area contributed by atoms with E-state index in [0.717, 1.165) is 51.4 Å². The van der Waals surface area contributed by atoms with Crippen LogP contribution >= 0.6 is 0 Å². The lowest BCUT2D eigenvalue weighted by atomic mass is 10.1. The summed E-state index contributed by atoms with van der Waals surface area (Å²) < 4.78 is 4.80. The summed E-state index contributed by atoms with van der Waals surface area (Å²) in [5.74, 6) is -0.314. The zero-order valence-electron chi connectivity index (χ0n) is 14.3. The number of hydrogen-bond acceptors (Lipinski definition) is 4. The molecule has 4 heteroatoms. The first-order valence-electron chi connectivity index (χ1n) is 8.76. The van der Waals surface area contributed by atoms with Gasteiger partial charge in [-0.15, -0.1) is 0 Å². The van der Waals surface area contributed by atoms with Crippen LogP contribution in [0.3, 0.4) is 0 Å². The van der Waals surface area contributed by atoms with Crippen LogP contribution in [0.15, 0.2) is 12.2 Å².